The van der Waals surface area contributed by atoms with Gasteiger partial charge in [0.15, 0.2) is 5.78 Å². The number of hydrogen-bond acceptors (Lipinski definition) is 2. The minimum Gasteiger partial charge on any atom is -0.294 e. The van der Waals surface area contributed by atoms with Gasteiger partial charge in [0.05, 0.1) is 33.2 Å². The number of aromatic nitrogens is 2. The number of alkyl halides is 3. The van der Waals surface area contributed by atoms with E-state index in [1.54, 1.807) is 6.92 Å². The van der Waals surface area contributed by atoms with E-state index in [2.05, 4.69) is 5.10 Å². The van der Waals surface area contributed by atoms with E-state index < -0.39 is 11.7 Å². The van der Waals surface area contributed by atoms with Crippen LogP contribution in [0.2, 0.25) is 5.02 Å². The van der Waals surface area contributed by atoms with Crippen LogP contribution in [0.3, 0.4) is 0 Å². The Morgan fingerprint density at radius 3 is 2.68 bits per heavy atom. The SMILES string of the molecule is Cc1nn(-c2cc(C(F)(F)F)ccc2Cl)c2c1C(=O)CCC2. The van der Waals surface area contributed by atoms with Crippen LogP contribution in [-0.2, 0) is 12.6 Å². The van der Waals surface area contributed by atoms with E-state index in [-0.39, 0.29) is 16.5 Å². The van der Waals surface area contributed by atoms with Crippen LogP contribution in [0.1, 0.15) is 40.2 Å². The summed E-state index contributed by atoms with van der Waals surface area (Å²) in [5.41, 5.74) is 1.02. The first kappa shape index (κ1) is 15.1. The number of fused-ring (bicyclic) bond motifs is 1. The molecule has 1 heterocycles. The Kier molecular flexibility index (Phi) is 3.51. The molecule has 0 saturated heterocycles. The van der Waals surface area contributed by atoms with Gasteiger partial charge in [-0.25, -0.2) is 4.68 Å². The number of aryl methyl sites for hydroxylation is 1. The maximum absolute atomic E-state index is 12.9. The van der Waals surface area contributed by atoms with E-state index in [9.17, 15) is 18.0 Å². The Balaban J connectivity index is 2.21. The summed E-state index contributed by atoms with van der Waals surface area (Å²) in [5, 5.41) is 4.40. The highest BCUT2D eigenvalue weighted by Gasteiger charge is 2.32. The quantitative estimate of drug-likeness (QED) is 0.779. The van der Waals surface area contributed by atoms with Gasteiger partial charge in [0.1, 0.15) is 0 Å². The highest BCUT2D eigenvalue weighted by atomic mass is 35.5. The van der Waals surface area contributed by atoms with Gasteiger partial charge in [-0.1, -0.05) is 11.6 Å². The van der Waals surface area contributed by atoms with Gasteiger partial charge in [-0.15, -0.1) is 0 Å². The summed E-state index contributed by atoms with van der Waals surface area (Å²) in [5.74, 6) is -0.0203. The molecule has 2 aromatic rings. The second kappa shape index (κ2) is 5.12. The van der Waals surface area contributed by atoms with Gasteiger partial charge >= 0.3 is 6.18 Å². The topological polar surface area (TPSA) is 34.9 Å². The van der Waals surface area contributed by atoms with Crippen LogP contribution in [-0.4, -0.2) is 15.6 Å². The average Bonchev–Trinajstić information content (AvgIpc) is 2.76. The van der Waals surface area contributed by atoms with Crippen molar-refractivity contribution < 1.29 is 18.0 Å². The van der Waals surface area contributed by atoms with Crippen LogP contribution < -0.4 is 0 Å². The molecule has 116 valence electrons. The van der Waals surface area contributed by atoms with Crippen molar-refractivity contribution in [3.8, 4) is 5.69 Å². The molecule has 0 bridgehead atoms. The summed E-state index contributed by atoms with van der Waals surface area (Å²) in [6.45, 7) is 1.68. The third kappa shape index (κ3) is 2.41. The lowest BCUT2D eigenvalue weighted by molar-refractivity contribution is -0.137. The number of ketones is 1. The van der Waals surface area contributed by atoms with Crippen molar-refractivity contribution in [1.82, 2.24) is 9.78 Å². The van der Waals surface area contributed by atoms with Crippen LogP contribution in [0, 0.1) is 6.92 Å². The molecule has 3 nitrogen and oxygen atoms in total. The zero-order valence-electron chi connectivity index (χ0n) is 11.7. The van der Waals surface area contributed by atoms with E-state index >= 15 is 0 Å². The minimum absolute atomic E-state index is 0.0203. The predicted octanol–water partition coefficient (Wildman–Crippen LogP) is 4.37. The van der Waals surface area contributed by atoms with Crippen molar-refractivity contribution in [2.24, 2.45) is 0 Å². The van der Waals surface area contributed by atoms with Gasteiger partial charge in [0.2, 0.25) is 0 Å². The lowest BCUT2D eigenvalue weighted by Gasteiger charge is -2.15. The van der Waals surface area contributed by atoms with Crippen molar-refractivity contribution in [2.75, 3.05) is 0 Å². The molecule has 7 heteroatoms. The fraction of sp³-hybridized carbons (Fsp3) is 0.333. The van der Waals surface area contributed by atoms with Gasteiger partial charge in [0, 0.05) is 6.42 Å². The molecule has 0 spiro atoms. The molecular formula is C15H12ClF3N2O. The van der Waals surface area contributed by atoms with Crippen LogP contribution in [0.15, 0.2) is 18.2 Å². The molecule has 0 saturated carbocycles. The van der Waals surface area contributed by atoms with Crippen LogP contribution in [0.5, 0.6) is 0 Å². The third-order valence-electron chi connectivity index (χ3n) is 3.75. The maximum Gasteiger partial charge on any atom is 0.416 e. The smallest absolute Gasteiger partial charge is 0.294 e. The molecule has 0 unspecified atom stereocenters. The summed E-state index contributed by atoms with van der Waals surface area (Å²) < 4.78 is 40.1. The van der Waals surface area contributed by atoms with E-state index in [0.29, 0.717) is 36.2 Å². The van der Waals surface area contributed by atoms with E-state index in [0.717, 1.165) is 12.1 Å². The van der Waals surface area contributed by atoms with Gasteiger partial charge in [-0.3, -0.25) is 4.79 Å². The van der Waals surface area contributed by atoms with E-state index in [1.165, 1.54) is 10.7 Å². The van der Waals surface area contributed by atoms with Crippen molar-refractivity contribution in [3.63, 3.8) is 0 Å². The molecule has 0 fully saturated rings. The molecule has 22 heavy (non-hydrogen) atoms. The van der Waals surface area contributed by atoms with Gasteiger partial charge < -0.3 is 0 Å². The monoisotopic (exact) mass is 328 g/mol. The first-order chi connectivity index (χ1) is 10.3. The molecule has 0 N–H and O–H groups in total. The number of Topliss-reactive ketones (excluding diaryl/α,β-unsaturated/α-hetero) is 1. The van der Waals surface area contributed by atoms with Gasteiger partial charge in [0.25, 0.3) is 0 Å². The van der Waals surface area contributed by atoms with Crippen LogP contribution in [0.4, 0.5) is 13.2 Å². The van der Waals surface area contributed by atoms with Crippen molar-refractivity contribution in [3.05, 3.63) is 45.7 Å². The standard InChI is InChI=1S/C15H12ClF3N2O/c1-8-14-11(3-2-4-13(14)22)21(20-8)12-7-9(15(17,18)19)5-6-10(12)16/h5-7H,2-4H2,1H3. The molecule has 1 aromatic carbocycles. The fourth-order valence-corrected chi connectivity index (χ4v) is 2.96. The highest BCUT2D eigenvalue weighted by Crippen LogP contribution is 2.35. The summed E-state index contributed by atoms with van der Waals surface area (Å²) >= 11 is 6.06. The van der Waals surface area contributed by atoms with E-state index in [1.807, 2.05) is 0 Å². The van der Waals surface area contributed by atoms with Crippen molar-refractivity contribution in [1.29, 1.82) is 0 Å². The van der Waals surface area contributed by atoms with Gasteiger partial charge in [-0.05, 0) is 38.0 Å². The van der Waals surface area contributed by atoms with E-state index in [4.69, 9.17) is 11.6 Å². The molecule has 0 aliphatic heterocycles. The summed E-state index contributed by atoms with van der Waals surface area (Å²) in [4.78, 5) is 12.0. The molecule has 1 aromatic heterocycles. The highest BCUT2D eigenvalue weighted by molar-refractivity contribution is 6.32. The zero-order chi connectivity index (χ0) is 16.1. The Morgan fingerprint density at radius 2 is 2.00 bits per heavy atom. The first-order valence-corrected chi connectivity index (χ1v) is 7.15. The molecule has 1 aliphatic rings. The van der Waals surface area contributed by atoms with Crippen LogP contribution in [0.25, 0.3) is 5.69 Å². The lowest BCUT2D eigenvalue weighted by atomic mass is 9.94. The normalized spacial score (nSPS) is 15.0. The number of halogens is 4. The number of benzene rings is 1. The summed E-state index contributed by atoms with van der Waals surface area (Å²) in [6, 6.07) is 3.10. The number of carbonyl (C=O) groups excluding carboxylic acids is 1. The Labute approximate surface area is 129 Å². The third-order valence-corrected chi connectivity index (χ3v) is 4.07. The molecular weight excluding hydrogens is 317 g/mol. The number of nitrogens with zero attached hydrogens (tertiary/aromatic N) is 2. The molecule has 0 radical (unpaired) electrons. The molecule has 3 rings (SSSR count). The van der Waals surface area contributed by atoms with Gasteiger partial charge in [-0.2, -0.15) is 18.3 Å². The van der Waals surface area contributed by atoms with Crippen LogP contribution >= 0.6 is 11.6 Å². The predicted molar refractivity (Wildman–Crippen MR) is 75.6 cm³/mol. The minimum atomic E-state index is -4.46. The summed E-state index contributed by atoms with van der Waals surface area (Å²) in [6.07, 6.45) is -2.77. The largest absolute Gasteiger partial charge is 0.416 e. The Bertz CT molecular complexity index is 765. The lowest BCUT2D eigenvalue weighted by Crippen LogP contribution is -2.14. The fourth-order valence-electron chi connectivity index (χ4n) is 2.76. The maximum atomic E-state index is 12.9. The van der Waals surface area contributed by atoms with Crippen molar-refractivity contribution >= 4 is 17.4 Å². The zero-order valence-corrected chi connectivity index (χ0v) is 12.4. The molecule has 0 amide bonds. The first-order valence-electron chi connectivity index (χ1n) is 6.78. The molecule has 1 aliphatic carbocycles. The second-order valence-electron chi connectivity index (χ2n) is 5.26. The summed E-state index contributed by atoms with van der Waals surface area (Å²) in [7, 11) is 0. The Morgan fingerprint density at radius 1 is 1.27 bits per heavy atom. The average molecular weight is 329 g/mol. The second-order valence-corrected chi connectivity index (χ2v) is 5.67. The number of rotatable bonds is 1. The number of hydrogen-bond donors (Lipinski definition) is 0. The number of carbonyl (C=O) groups is 1. The Hall–Kier alpha value is -1.82. The molecule has 0 atom stereocenters. The van der Waals surface area contributed by atoms with Crippen molar-refractivity contribution in [2.45, 2.75) is 32.4 Å².